The zero-order valence-corrected chi connectivity index (χ0v) is 16.8. The fraction of sp³-hybridized carbons (Fsp3) is 0.130. The number of nitrogens with zero attached hydrogens (tertiary/aromatic N) is 1. The second-order valence-electron chi connectivity index (χ2n) is 6.57. The van der Waals surface area contributed by atoms with Crippen molar-refractivity contribution in [2.24, 2.45) is 5.10 Å². The highest BCUT2D eigenvalue weighted by Crippen LogP contribution is 2.34. The van der Waals surface area contributed by atoms with Crippen molar-refractivity contribution < 1.29 is 9.47 Å². The summed E-state index contributed by atoms with van der Waals surface area (Å²) in [5, 5.41) is 8.13. The second-order valence-corrected chi connectivity index (χ2v) is 6.98. The van der Waals surface area contributed by atoms with Gasteiger partial charge < -0.3 is 14.8 Å². The van der Waals surface area contributed by atoms with E-state index in [-0.39, 0.29) is 6.10 Å². The Labute approximate surface area is 175 Å². The zero-order chi connectivity index (χ0) is 20.1. The van der Waals surface area contributed by atoms with Crippen LogP contribution in [0.5, 0.6) is 11.5 Å². The van der Waals surface area contributed by atoms with Gasteiger partial charge in [0.15, 0.2) is 5.11 Å². The molecule has 0 saturated heterocycles. The van der Waals surface area contributed by atoms with Gasteiger partial charge in [-0.2, -0.15) is 5.10 Å². The average molecular weight is 404 g/mol. The maximum Gasteiger partial charge on any atom is 0.191 e. The van der Waals surface area contributed by atoms with E-state index in [0.29, 0.717) is 11.5 Å². The molecule has 1 aliphatic heterocycles. The van der Waals surface area contributed by atoms with Crippen molar-refractivity contribution in [3.05, 3.63) is 90.0 Å². The predicted molar refractivity (Wildman–Crippen MR) is 120 cm³/mol. The summed E-state index contributed by atoms with van der Waals surface area (Å²) < 4.78 is 11.4. The van der Waals surface area contributed by atoms with E-state index in [2.05, 4.69) is 28.0 Å². The van der Waals surface area contributed by atoms with Crippen molar-refractivity contribution in [1.29, 1.82) is 0 Å². The van der Waals surface area contributed by atoms with Crippen LogP contribution in [0.2, 0.25) is 0 Å². The molecule has 1 aliphatic rings. The average Bonchev–Trinajstić information content (AvgIpc) is 2.78. The summed E-state index contributed by atoms with van der Waals surface area (Å²) >= 11 is 5.40. The van der Waals surface area contributed by atoms with Crippen molar-refractivity contribution in [3.8, 4) is 11.5 Å². The first-order valence-corrected chi connectivity index (χ1v) is 9.72. The van der Waals surface area contributed by atoms with Crippen molar-refractivity contribution in [3.63, 3.8) is 0 Å². The van der Waals surface area contributed by atoms with Crippen LogP contribution < -0.4 is 20.2 Å². The largest absolute Gasteiger partial charge is 0.497 e. The maximum absolute atomic E-state index is 6.20. The smallest absolute Gasteiger partial charge is 0.191 e. The molecule has 0 fully saturated rings. The van der Waals surface area contributed by atoms with Crippen LogP contribution in [-0.2, 0) is 0 Å². The van der Waals surface area contributed by atoms with E-state index in [4.69, 9.17) is 21.7 Å². The lowest BCUT2D eigenvalue weighted by atomic mass is 9.96. The molecule has 0 radical (unpaired) electrons. The van der Waals surface area contributed by atoms with Gasteiger partial charge in [-0.3, -0.25) is 5.43 Å². The summed E-state index contributed by atoms with van der Waals surface area (Å²) in [6.07, 6.45) is 0.564. The van der Waals surface area contributed by atoms with Crippen LogP contribution in [-0.4, -0.2) is 17.9 Å². The molecule has 6 heteroatoms. The minimum atomic E-state index is -0.0882. The number of para-hydroxylation sites is 1. The highest BCUT2D eigenvalue weighted by atomic mass is 32.1. The highest BCUT2D eigenvalue weighted by Gasteiger charge is 2.26. The third-order valence-electron chi connectivity index (χ3n) is 4.66. The van der Waals surface area contributed by atoms with Crippen LogP contribution in [0, 0.1) is 0 Å². The minimum Gasteiger partial charge on any atom is -0.497 e. The standard InChI is InChI=1S/C23H21N3O2S/c1-27-18-13-11-17(12-14-18)24-23(29)26-25-20-15-22(16-7-3-2-4-8-16)28-21-10-6-5-9-19(20)21/h2-14,22H,15H2,1H3,(H2,24,26,29)/b25-20-. The molecule has 1 atom stereocenters. The number of methoxy groups -OCH3 is 1. The molecule has 3 aromatic rings. The van der Waals surface area contributed by atoms with Gasteiger partial charge in [-0.25, -0.2) is 0 Å². The number of ether oxygens (including phenoxy) is 2. The molecule has 0 aliphatic carbocycles. The lowest BCUT2D eigenvalue weighted by Gasteiger charge is -2.27. The van der Waals surface area contributed by atoms with E-state index >= 15 is 0 Å². The second kappa shape index (κ2) is 8.75. The Morgan fingerprint density at radius 2 is 1.72 bits per heavy atom. The monoisotopic (exact) mass is 403 g/mol. The molecule has 0 saturated carbocycles. The van der Waals surface area contributed by atoms with E-state index in [1.807, 2.05) is 66.7 Å². The summed E-state index contributed by atoms with van der Waals surface area (Å²) in [6.45, 7) is 0. The first-order chi connectivity index (χ1) is 14.2. The summed E-state index contributed by atoms with van der Waals surface area (Å²) in [7, 11) is 1.64. The molecule has 4 rings (SSSR count). The summed E-state index contributed by atoms with van der Waals surface area (Å²) in [5.41, 5.74) is 6.82. The molecule has 3 aromatic carbocycles. The molecule has 0 aromatic heterocycles. The number of hydrogen-bond donors (Lipinski definition) is 2. The third-order valence-corrected chi connectivity index (χ3v) is 4.85. The molecule has 5 nitrogen and oxygen atoms in total. The van der Waals surface area contributed by atoms with Crippen LogP contribution in [0.3, 0.4) is 0 Å². The molecule has 0 bridgehead atoms. The number of rotatable bonds is 4. The van der Waals surface area contributed by atoms with Gasteiger partial charge in [0.05, 0.1) is 12.8 Å². The Bertz CT molecular complexity index is 1020. The Morgan fingerprint density at radius 1 is 1.00 bits per heavy atom. The van der Waals surface area contributed by atoms with E-state index in [1.165, 1.54) is 0 Å². The van der Waals surface area contributed by atoms with Gasteiger partial charge >= 0.3 is 0 Å². The topological polar surface area (TPSA) is 54.9 Å². The fourth-order valence-electron chi connectivity index (χ4n) is 3.20. The Morgan fingerprint density at radius 3 is 2.48 bits per heavy atom. The first kappa shape index (κ1) is 19.0. The van der Waals surface area contributed by atoms with E-state index in [0.717, 1.165) is 34.0 Å². The van der Waals surface area contributed by atoms with Crippen LogP contribution in [0.15, 0.2) is 84.0 Å². The van der Waals surface area contributed by atoms with Crippen molar-refractivity contribution in [2.75, 3.05) is 12.4 Å². The van der Waals surface area contributed by atoms with Gasteiger partial charge in [0.2, 0.25) is 0 Å². The van der Waals surface area contributed by atoms with Gasteiger partial charge in [0.1, 0.15) is 17.6 Å². The summed E-state index contributed by atoms with van der Waals surface area (Å²) in [5.74, 6) is 1.61. The lowest BCUT2D eigenvalue weighted by Crippen LogP contribution is -2.28. The highest BCUT2D eigenvalue weighted by molar-refractivity contribution is 7.80. The number of thiocarbonyl (C=S) groups is 1. The van der Waals surface area contributed by atoms with E-state index < -0.39 is 0 Å². The first-order valence-electron chi connectivity index (χ1n) is 9.31. The van der Waals surface area contributed by atoms with Crippen LogP contribution >= 0.6 is 12.2 Å². The number of anilines is 1. The van der Waals surface area contributed by atoms with E-state index in [9.17, 15) is 0 Å². The normalized spacial score (nSPS) is 16.4. The van der Waals surface area contributed by atoms with Gasteiger partial charge in [-0.05, 0) is 54.2 Å². The third kappa shape index (κ3) is 4.55. The lowest BCUT2D eigenvalue weighted by molar-refractivity contribution is 0.206. The Hall–Kier alpha value is -3.38. The van der Waals surface area contributed by atoms with Crippen molar-refractivity contribution in [1.82, 2.24) is 5.43 Å². The molecule has 1 heterocycles. The minimum absolute atomic E-state index is 0.0882. The number of benzene rings is 3. The fourth-order valence-corrected chi connectivity index (χ4v) is 3.36. The quantitative estimate of drug-likeness (QED) is 0.479. The predicted octanol–water partition coefficient (Wildman–Crippen LogP) is 4.91. The molecular formula is C23H21N3O2S. The molecule has 0 spiro atoms. The Balaban J connectivity index is 1.50. The molecule has 0 amide bonds. The SMILES string of the molecule is COc1ccc(NC(=S)N/N=C2/CC(c3ccccc3)Oc3ccccc32)cc1. The summed E-state index contributed by atoms with van der Waals surface area (Å²) in [4.78, 5) is 0. The van der Waals surface area contributed by atoms with Crippen LogP contribution in [0.1, 0.15) is 23.7 Å². The number of hydrazone groups is 1. The molecule has 1 unspecified atom stereocenters. The van der Waals surface area contributed by atoms with Gasteiger partial charge in [-0.1, -0.05) is 42.5 Å². The van der Waals surface area contributed by atoms with Crippen LogP contribution in [0.25, 0.3) is 0 Å². The number of nitrogens with one attached hydrogen (secondary N) is 2. The maximum atomic E-state index is 6.20. The molecule has 29 heavy (non-hydrogen) atoms. The van der Waals surface area contributed by atoms with Gasteiger partial charge in [-0.15, -0.1) is 0 Å². The van der Waals surface area contributed by atoms with Crippen LogP contribution in [0.4, 0.5) is 5.69 Å². The number of fused-ring (bicyclic) bond motifs is 1. The zero-order valence-electron chi connectivity index (χ0n) is 16.0. The van der Waals surface area contributed by atoms with Gasteiger partial charge in [0, 0.05) is 17.7 Å². The Kier molecular flexibility index (Phi) is 5.72. The molecule has 146 valence electrons. The molecule has 2 N–H and O–H groups in total. The van der Waals surface area contributed by atoms with Gasteiger partial charge in [0.25, 0.3) is 0 Å². The van der Waals surface area contributed by atoms with E-state index in [1.54, 1.807) is 7.11 Å². The van der Waals surface area contributed by atoms with Crippen molar-refractivity contribution in [2.45, 2.75) is 12.5 Å². The number of hydrogen-bond acceptors (Lipinski definition) is 4. The summed E-state index contributed by atoms with van der Waals surface area (Å²) in [6, 6.07) is 25.6. The van der Waals surface area contributed by atoms with Crippen molar-refractivity contribution >= 4 is 28.7 Å². The molecular weight excluding hydrogens is 382 g/mol.